The summed E-state index contributed by atoms with van der Waals surface area (Å²) in [6, 6.07) is 9.98. The smallest absolute Gasteiger partial charge is 0.263 e. The van der Waals surface area contributed by atoms with E-state index in [1.54, 1.807) is 9.47 Å². The third kappa shape index (κ3) is 3.19. The van der Waals surface area contributed by atoms with Crippen molar-refractivity contribution >= 4 is 5.91 Å². The quantitative estimate of drug-likeness (QED) is 0.923. The molecule has 0 saturated carbocycles. The number of carbonyl (C=O) groups is 1. The van der Waals surface area contributed by atoms with E-state index in [1.807, 2.05) is 31.3 Å². The zero-order chi connectivity index (χ0) is 18.1. The maximum atomic E-state index is 13.1. The highest BCUT2D eigenvalue weighted by molar-refractivity contribution is 5.95. The van der Waals surface area contributed by atoms with Crippen molar-refractivity contribution in [2.45, 2.75) is 39.4 Å². The van der Waals surface area contributed by atoms with Gasteiger partial charge in [-0.05, 0) is 61.5 Å². The molecule has 0 spiro atoms. The van der Waals surface area contributed by atoms with Gasteiger partial charge in [0.25, 0.3) is 11.5 Å². The lowest BCUT2D eigenvalue weighted by Gasteiger charge is -2.24. The third-order valence-electron chi connectivity index (χ3n) is 5.57. The largest absolute Gasteiger partial charge is 0.330 e. The lowest BCUT2D eigenvalue weighted by atomic mass is 9.99. The first-order valence-electron chi connectivity index (χ1n) is 9.40. The molecule has 1 N–H and O–H groups in total. The molecule has 1 unspecified atom stereocenters. The maximum Gasteiger partial charge on any atom is 0.263 e. The zero-order valence-electron chi connectivity index (χ0n) is 15.2. The number of nitrogens with one attached hydrogen (secondary N) is 1. The van der Waals surface area contributed by atoms with E-state index in [0.717, 1.165) is 31.5 Å². The molecule has 5 heteroatoms. The van der Waals surface area contributed by atoms with Crippen LogP contribution in [0.25, 0.3) is 0 Å². The van der Waals surface area contributed by atoms with Crippen LogP contribution in [0.2, 0.25) is 0 Å². The van der Waals surface area contributed by atoms with Crippen LogP contribution < -0.4 is 10.9 Å². The normalized spacial score (nSPS) is 19.4. The second kappa shape index (κ2) is 7.08. The van der Waals surface area contributed by atoms with Crippen molar-refractivity contribution in [1.29, 1.82) is 0 Å². The molecular formula is C21H25N3O2. The molecule has 0 bridgehead atoms. The first-order chi connectivity index (χ1) is 12.6. The number of amides is 1. The second-order valence-corrected chi connectivity index (χ2v) is 7.47. The summed E-state index contributed by atoms with van der Waals surface area (Å²) in [5.41, 5.74) is 3.26. The first kappa shape index (κ1) is 17.0. The van der Waals surface area contributed by atoms with E-state index in [2.05, 4.69) is 17.4 Å². The van der Waals surface area contributed by atoms with Crippen LogP contribution in [0.1, 0.15) is 39.9 Å². The predicted molar refractivity (Wildman–Crippen MR) is 101 cm³/mol. The van der Waals surface area contributed by atoms with Gasteiger partial charge in [0.2, 0.25) is 0 Å². The molecule has 4 rings (SSSR count). The van der Waals surface area contributed by atoms with Gasteiger partial charge in [0.05, 0.1) is 0 Å². The lowest BCUT2D eigenvalue weighted by molar-refractivity contribution is 0.0748. The van der Waals surface area contributed by atoms with Gasteiger partial charge in [0, 0.05) is 25.8 Å². The van der Waals surface area contributed by atoms with Gasteiger partial charge in [-0.3, -0.25) is 9.59 Å². The van der Waals surface area contributed by atoms with Crippen molar-refractivity contribution in [3.8, 4) is 0 Å². The summed E-state index contributed by atoms with van der Waals surface area (Å²) in [6.07, 6.45) is 4.10. The van der Waals surface area contributed by atoms with Crippen LogP contribution in [-0.2, 0) is 19.6 Å². The van der Waals surface area contributed by atoms with Crippen molar-refractivity contribution in [3.05, 3.63) is 69.1 Å². The molecule has 2 aromatic rings. The number of rotatable bonds is 3. The monoisotopic (exact) mass is 351 g/mol. The molecule has 5 nitrogen and oxygen atoms in total. The number of piperidine rings is 1. The van der Waals surface area contributed by atoms with Crippen LogP contribution >= 0.6 is 0 Å². The van der Waals surface area contributed by atoms with Gasteiger partial charge in [-0.2, -0.15) is 0 Å². The number of aryl methyl sites for hydroxylation is 1. The average Bonchev–Trinajstić information content (AvgIpc) is 3.09. The number of pyridine rings is 1. The number of nitrogens with zero attached hydrogens (tertiary/aromatic N) is 2. The summed E-state index contributed by atoms with van der Waals surface area (Å²) in [6.45, 7) is 5.67. The van der Waals surface area contributed by atoms with Gasteiger partial charge in [-0.15, -0.1) is 0 Å². The highest BCUT2D eigenvalue weighted by Crippen LogP contribution is 2.24. The maximum absolute atomic E-state index is 13.1. The number of hydrogen-bond acceptors (Lipinski definition) is 3. The molecule has 0 aliphatic carbocycles. The predicted octanol–water partition coefficient (Wildman–Crippen LogP) is 2.31. The summed E-state index contributed by atoms with van der Waals surface area (Å²) in [7, 11) is 0. The Morgan fingerprint density at radius 3 is 2.58 bits per heavy atom. The number of fused-ring (bicyclic) bond motifs is 1. The van der Waals surface area contributed by atoms with Gasteiger partial charge in [-0.1, -0.05) is 24.3 Å². The minimum absolute atomic E-state index is 0.153. The summed E-state index contributed by atoms with van der Waals surface area (Å²) < 4.78 is 1.72. The van der Waals surface area contributed by atoms with E-state index in [4.69, 9.17) is 0 Å². The topological polar surface area (TPSA) is 54.3 Å². The summed E-state index contributed by atoms with van der Waals surface area (Å²) in [5, 5.41) is 3.39. The Balaban J connectivity index is 1.59. The molecule has 1 amide bonds. The molecule has 1 aromatic heterocycles. The molecule has 1 saturated heterocycles. The van der Waals surface area contributed by atoms with Crippen LogP contribution in [0, 0.1) is 12.8 Å². The van der Waals surface area contributed by atoms with Crippen LogP contribution in [0.15, 0.2) is 41.3 Å². The van der Waals surface area contributed by atoms with Crippen molar-refractivity contribution in [2.75, 3.05) is 13.1 Å². The Hall–Kier alpha value is -2.40. The fourth-order valence-electron chi connectivity index (χ4n) is 4.06. The van der Waals surface area contributed by atoms with Gasteiger partial charge in [0.15, 0.2) is 0 Å². The van der Waals surface area contributed by atoms with Crippen molar-refractivity contribution in [2.24, 2.45) is 5.92 Å². The SMILES string of the molecule is Cc1ccn(CC2CCCNC2)c(=O)c1C(=O)N1Cc2ccccc2C1. The third-order valence-corrected chi connectivity index (χ3v) is 5.57. The van der Waals surface area contributed by atoms with Crippen LogP contribution in [0.4, 0.5) is 0 Å². The number of benzene rings is 1. The Morgan fingerprint density at radius 2 is 1.92 bits per heavy atom. The average molecular weight is 351 g/mol. The second-order valence-electron chi connectivity index (χ2n) is 7.47. The standard InChI is InChI=1S/C21H25N3O2/c1-15-8-10-23(12-16-5-4-9-22-11-16)20(25)19(15)21(26)24-13-17-6-2-3-7-18(17)14-24/h2-3,6-8,10,16,22H,4-5,9,11-14H2,1H3. The van der Waals surface area contributed by atoms with Gasteiger partial charge >= 0.3 is 0 Å². The fourth-order valence-corrected chi connectivity index (χ4v) is 4.06. The molecule has 136 valence electrons. The van der Waals surface area contributed by atoms with Crippen molar-refractivity contribution < 1.29 is 4.79 Å². The molecule has 3 heterocycles. The Labute approximate surface area is 153 Å². The fraction of sp³-hybridized carbons (Fsp3) is 0.429. The molecular weight excluding hydrogens is 326 g/mol. The summed E-state index contributed by atoms with van der Waals surface area (Å²) in [5.74, 6) is 0.294. The molecule has 1 atom stereocenters. The molecule has 26 heavy (non-hydrogen) atoms. The minimum atomic E-state index is -0.156. The van der Waals surface area contributed by atoms with Gasteiger partial charge < -0.3 is 14.8 Å². The zero-order valence-corrected chi connectivity index (χ0v) is 15.2. The highest BCUT2D eigenvalue weighted by atomic mass is 16.2. The molecule has 2 aliphatic heterocycles. The van der Waals surface area contributed by atoms with Crippen molar-refractivity contribution in [3.63, 3.8) is 0 Å². The van der Waals surface area contributed by atoms with Crippen LogP contribution in [0.5, 0.6) is 0 Å². The van der Waals surface area contributed by atoms with Crippen LogP contribution in [-0.4, -0.2) is 28.5 Å². The number of hydrogen-bond donors (Lipinski definition) is 1. The Kier molecular flexibility index (Phi) is 4.64. The van der Waals surface area contributed by atoms with E-state index in [9.17, 15) is 9.59 Å². The molecule has 1 aromatic carbocycles. The molecule has 0 radical (unpaired) electrons. The van der Waals surface area contributed by atoms with Crippen LogP contribution in [0.3, 0.4) is 0 Å². The Morgan fingerprint density at radius 1 is 1.19 bits per heavy atom. The summed E-state index contributed by atoms with van der Waals surface area (Å²) in [4.78, 5) is 27.9. The Bertz CT molecular complexity index is 856. The minimum Gasteiger partial charge on any atom is -0.330 e. The van der Waals surface area contributed by atoms with E-state index < -0.39 is 0 Å². The lowest BCUT2D eigenvalue weighted by Crippen LogP contribution is -2.38. The number of carbonyl (C=O) groups excluding carboxylic acids is 1. The van der Waals surface area contributed by atoms with Gasteiger partial charge in [0.1, 0.15) is 5.56 Å². The first-order valence-corrected chi connectivity index (χ1v) is 9.40. The van der Waals surface area contributed by atoms with Gasteiger partial charge in [-0.25, -0.2) is 0 Å². The van der Waals surface area contributed by atoms with E-state index in [0.29, 0.717) is 31.1 Å². The molecule has 1 fully saturated rings. The van der Waals surface area contributed by atoms with E-state index in [1.165, 1.54) is 11.1 Å². The summed E-state index contributed by atoms with van der Waals surface area (Å²) >= 11 is 0. The number of aromatic nitrogens is 1. The van der Waals surface area contributed by atoms with E-state index >= 15 is 0 Å². The van der Waals surface area contributed by atoms with Crippen molar-refractivity contribution in [1.82, 2.24) is 14.8 Å². The molecule has 2 aliphatic rings. The van der Waals surface area contributed by atoms with E-state index in [-0.39, 0.29) is 11.5 Å². The highest BCUT2D eigenvalue weighted by Gasteiger charge is 2.27.